The number of nitrogens with one attached hydrogen (secondary N) is 1. The van der Waals surface area contributed by atoms with Crippen LogP contribution in [0.15, 0.2) is 17.5 Å². The molecule has 2 aliphatic heterocycles. The number of nitrogens with zero attached hydrogens (tertiary/aromatic N) is 2. The van der Waals surface area contributed by atoms with E-state index in [1.807, 2.05) is 0 Å². The Hall–Kier alpha value is -1.92. The molecule has 4 N–H and O–H groups in total. The third-order valence-electron chi connectivity index (χ3n) is 2.99. The van der Waals surface area contributed by atoms with Crippen molar-refractivity contribution in [2.45, 2.75) is 24.0 Å². The zero-order valence-electron chi connectivity index (χ0n) is 9.85. The van der Waals surface area contributed by atoms with Crippen molar-refractivity contribution in [3.63, 3.8) is 0 Å². The number of rotatable bonds is 2. The van der Waals surface area contributed by atoms with Gasteiger partial charge < -0.3 is 25.4 Å². The molecule has 0 aromatic rings. The number of hydrogen-bond acceptors (Lipinski definition) is 7. The molecule has 2 rings (SSSR count). The predicted octanol–water partition coefficient (Wildman–Crippen LogP) is -2.68. The Kier molecular flexibility index (Phi) is 3.30. The van der Waals surface area contributed by atoms with Gasteiger partial charge in [-0.3, -0.25) is 4.79 Å². The van der Waals surface area contributed by atoms with Gasteiger partial charge in [-0.1, -0.05) is 12.5 Å². The lowest BCUT2D eigenvalue weighted by molar-refractivity contribution is -0.124. The first-order valence-electron chi connectivity index (χ1n) is 5.41. The molecule has 4 unspecified atom stereocenters. The maximum absolute atomic E-state index is 11.0. The first-order valence-corrected chi connectivity index (χ1v) is 5.41. The van der Waals surface area contributed by atoms with Gasteiger partial charge >= 0.3 is 0 Å². The molecule has 0 bridgehead atoms. The van der Waals surface area contributed by atoms with Gasteiger partial charge in [-0.15, -0.1) is 6.42 Å². The van der Waals surface area contributed by atoms with E-state index >= 15 is 0 Å². The molecule has 19 heavy (non-hydrogen) atoms. The van der Waals surface area contributed by atoms with Gasteiger partial charge in [0.2, 0.25) is 0 Å². The third-order valence-corrected chi connectivity index (χ3v) is 2.99. The summed E-state index contributed by atoms with van der Waals surface area (Å²) in [7, 11) is 0. The summed E-state index contributed by atoms with van der Waals surface area (Å²) in [5, 5.41) is 36.2. The molecule has 0 aromatic heterocycles. The Morgan fingerprint density at radius 1 is 1.68 bits per heavy atom. The Morgan fingerprint density at radius 2 is 2.37 bits per heavy atom. The number of hydrazone groups is 1. The molecule has 1 fully saturated rings. The lowest BCUT2D eigenvalue weighted by Gasteiger charge is -2.31. The molecule has 102 valence electrons. The van der Waals surface area contributed by atoms with Gasteiger partial charge in [0.1, 0.15) is 24.2 Å². The van der Waals surface area contributed by atoms with Crippen molar-refractivity contribution in [1.82, 2.24) is 10.3 Å². The summed E-state index contributed by atoms with van der Waals surface area (Å²) >= 11 is 0. The average Bonchev–Trinajstić information content (AvgIpc) is 2.64. The van der Waals surface area contributed by atoms with Crippen LogP contribution in [0.1, 0.15) is 0 Å². The Bertz CT molecular complexity index is 485. The van der Waals surface area contributed by atoms with Crippen LogP contribution in [-0.2, 0) is 9.53 Å². The van der Waals surface area contributed by atoms with Crippen LogP contribution in [0.3, 0.4) is 0 Å². The topological polar surface area (TPSA) is 115 Å². The second-order valence-corrected chi connectivity index (χ2v) is 4.16. The second kappa shape index (κ2) is 4.64. The Morgan fingerprint density at radius 3 is 2.84 bits per heavy atom. The molecule has 0 radical (unpaired) electrons. The first-order chi connectivity index (χ1) is 8.95. The van der Waals surface area contributed by atoms with Crippen molar-refractivity contribution < 1.29 is 24.9 Å². The van der Waals surface area contributed by atoms with Gasteiger partial charge in [0.05, 0.1) is 6.61 Å². The average molecular weight is 267 g/mol. The van der Waals surface area contributed by atoms with Gasteiger partial charge in [-0.25, -0.2) is 5.01 Å². The molecule has 0 aromatic carbocycles. The molecule has 1 saturated heterocycles. The predicted molar refractivity (Wildman–Crippen MR) is 63.2 cm³/mol. The van der Waals surface area contributed by atoms with Gasteiger partial charge in [-0.05, 0) is 0 Å². The Labute approximate surface area is 109 Å². The number of hydrogen-bond donors (Lipinski definition) is 4. The third kappa shape index (κ3) is 1.98. The van der Waals surface area contributed by atoms with E-state index < -0.39 is 36.6 Å². The quantitative estimate of drug-likeness (QED) is 0.405. The number of carbonyl (C=O) groups is 1. The second-order valence-electron chi connectivity index (χ2n) is 4.16. The van der Waals surface area contributed by atoms with E-state index in [9.17, 15) is 20.1 Å². The van der Waals surface area contributed by atoms with E-state index in [1.54, 1.807) is 0 Å². The number of aliphatic hydroxyl groups is 3. The van der Waals surface area contributed by atoms with Gasteiger partial charge in [-0.2, -0.15) is 5.10 Å². The number of carbonyl (C=O) groups excluding carboxylic acids is 1. The van der Waals surface area contributed by atoms with Crippen molar-refractivity contribution in [2.75, 3.05) is 6.61 Å². The highest BCUT2D eigenvalue weighted by Crippen LogP contribution is 2.33. The molecule has 8 heteroatoms. The molecule has 0 aliphatic carbocycles. The minimum absolute atomic E-state index is 0.0644. The SMILES string of the molecule is C#CC1(CO)OC(N2N=CC(=O)NC2=C)C(O)C1O. The fourth-order valence-electron chi connectivity index (χ4n) is 1.91. The fraction of sp³-hybridized carbons (Fsp3) is 0.455. The summed E-state index contributed by atoms with van der Waals surface area (Å²) in [6.45, 7) is 2.87. The van der Waals surface area contributed by atoms with E-state index in [2.05, 4.69) is 22.9 Å². The number of amides is 1. The monoisotopic (exact) mass is 267 g/mol. The van der Waals surface area contributed by atoms with Gasteiger partial charge in [0.25, 0.3) is 5.91 Å². The largest absolute Gasteiger partial charge is 0.392 e. The van der Waals surface area contributed by atoms with Crippen molar-refractivity contribution in [3.05, 3.63) is 12.4 Å². The molecule has 2 heterocycles. The van der Waals surface area contributed by atoms with Gasteiger partial charge in [0, 0.05) is 0 Å². The summed E-state index contributed by atoms with van der Waals surface area (Å²) in [5.41, 5.74) is -1.72. The van der Waals surface area contributed by atoms with Crippen molar-refractivity contribution in [1.29, 1.82) is 0 Å². The highest BCUT2D eigenvalue weighted by molar-refractivity contribution is 6.27. The zero-order chi connectivity index (χ0) is 14.2. The highest BCUT2D eigenvalue weighted by atomic mass is 16.6. The lowest BCUT2D eigenvalue weighted by atomic mass is 9.97. The number of terminal acetylenes is 1. The maximum Gasteiger partial charge on any atom is 0.269 e. The molecule has 2 aliphatic rings. The molecule has 0 spiro atoms. The van der Waals surface area contributed by atoms with Crippen LogP contribution >= 0.6 is 0 Å². The minimum atomic E-state index is -1.72. The summed E-state index contributed by atoms with van der Waals surface area (Å²) in [5.74, 6) is 1.71. The van der Waals surface area contributed by atoms with Crippen molar-refractivity contribution >= 4 is 12.1 Å². The number of ether oxygens (including phenoxy) is 1. The van der Waals surface area contributed by atoms with E-state index in [0.717, 1.165) is 11.2 Å². The van der Waals surface area contributed by atoms with Crippen LogP contribution in [0.2, 0.25) is 0 Å². The van der Waals surface area contributed by atoms with Crippen molar-refractivity contribution in [2.24, 2.45) is 5.10 Å². The summed E-state index contributed by atoms with van der Waals surface area (Å²) in [6, 6.07) is 0. The molecule has 4 atom stereocenters. The highest BCUT2D eigenvalue weighted by Gasteiger charge is 2.55. The van der Waals surface area contributed by atoms with E-state index in [1.165, 1.54) is 0 Å². The molecule has 1 amide bonds. The summed E-state index contributed by atoms with van der Waals surface area (Å²) < 4.78 is 5.33. The van der Waals surface area contributed by atoms with Crippen LogP contribution in [0.4, 0.5) is 0 Å². The fourth-order valence-corrected chi connectivity index (χ4v) is 1.91. The van der Waals surface area contributed by atoms with Crippen LogP contribution in [-0.4, -0.2) is 63.1 Å². The number of aliphatic hydroxyl groups excluding tert-OH is 3. The minimum Gasteiger partial charge on any atom is -0.392 e. The van der Waals surface area contributed by atoms with E-state index in [0.29, 0.717) is 0 Å². The normalized spacial score (nSPS) is 38.2. The van der Waals surface area contributed by atoms with Crippen LogP contribution in [0.5, 0.6) is 0 Å². The van der Waals surface area contributed by atoms with E-state index in [-0.39, 0.29) is 5.82 Å². The zero-order valence-corrected chi connectivity index (χ0v) is 9.85. The summed E-state index contributed by atoms with van der Waals surface area (Å²) in [4.78, 5) is 11.0. The van der Waals surface area contributed by atoms with Crippen LogP contribution in [0.25, 0.3) is 0 Å². The lowest BCUT2D eigenvalue weighted by Crippen LogP contribution is -2.47. The maximum atomic E-state index is 11.0. The molecule has 0 saturated carbocycles. The van der Waals surface area contributed by atoms with Crippen molar-refractivity contribution in [3.8, 4) is 12.3 Å². The first kappa shape index (κ1) is 13.5. The van der Waals surface area contributed by atoms with Gasteiger partial charge in [0.15, 0.2) is 11.8 Å². The Balaban J connectivity index is 2.28. The molecule has 8 nitrogen and oxygen atoms in total. The smallest absolute Gasteiger partial charge is 0.269 e. The molecular formula is C11H13N3O5. The molecular weight excluding hydrogens is 254 g/mol. The van der Waals surface area contributed by atoms with Crippen LogP contribution < -0.4 is 5.32 Å². The van der Waals surface area contributed by atoms with E-state index in [4.69, 9.17) is 11.2 Å². The van der Waals surface area contributed by atoms with Crippen LogP contribution in [0, 0.1) is 12.3 Å². The standard InChI is InChI=1S/C11H13N3O5/c1-3-11(5-15)9(18)8(17)10(19-11)14-6(2)13-7(16)4-12-14/h1,4,8-10,15,17-18H,2,5H2,(H,13,16). The summed E-state index contributed by atoms with van der Waals surface area (Å²) in [6.07, 6.45) is 2.11.